The van der Waals surface area contributed by atoms with Gasteiger partial charge in [-0.15, -0.1) is 0 Å². The van der Waals surface area contributed by atoms with Gasteiger partial charge in [0, 0.05) is 49.9 Å². The van der Waals surface area contributed by atoms with Gasteiger partial charge in [0.05, 0.1) is 6.61 Å². The Labute approximate surface area is 195 Å². The number of piperazine rings is 1. The smallest absolute Gasteiger partial charge is 0.306 e. The first-order valence-corrected chi connectivity index (χ1v) is 12.2. The molecule has 0 radical (unpaired) electrons. The maximum atomic E-state index is 14.2. The molecule has 0 bridgehead atoms. The number of hydrogen-bond donors (Lipinski definition) is 0. The fraction of sp³-hybridized carbons (Fsp3) is 0.429. The van der Waals surface area contributed by atoms with Crippen LogP contribution in [0.4, 0.5) is 14.6 Å². The maximum absolute atomic E-state index is 14.2. The first kappa shape index (κ1) is 24.0. The molecule has 4 rings (SSSR count). The Morgan fingerprint density at radius 3 is 2.59 bits per heavy atom. The van der Waals surface area contributed by atoms with Gasteiger partial charge in [0.25, 0.3) is 5.78 Å². The van der Waals surface area contributed by atoms with E-state index in [1.807, 2.05) is 11.8 Å². The molecule has 1 fully saturated rings. The van der Waals surface area contributed by atoms with E-state index in [2.05, 4.69) is 15.1 Å². The molecular formula is C21H24F2N6O4S. The number of sulfonamides is 1. The number of hydrogen-bond acceptors (Lipinski definition) is 8. The van der Waals surface area contributed by atoms with Crippen molar-refractivity contribution in [2.45, 2.75) is 31.6 Å². The van der Waals surface area contributed by atoms with Crippen LogP contribution in [-0.4, -0.2) is 71.1 Å². The van der Waals surface area contributed by atoms with E-state index in [0.717, 1.165) is 17.7 Å². The van der Waals surface area contributed by atoms with Gasteiger partial charge in [-0.3, -0.25) is 4.79 Å². The second kappa shape index (κ2) is 9.58. The Hall–Kier alpha value is -3.19. The summed E-state index contributed by atoms with van der Waals surface area (Å²) in [6, 6.07) is 2.41. The lowest BCUT2D eigenvalue weighted by atomic mass is 10.1. The Morgan fingerprint density at radius 1 is 1.18 bits per heavy atom. The standard InChI is InChI=1S/C21H24F2N6O4S/c1-3-33-19(30)7-5-16-14(2)26-21-24-13-25-29(21)20(16)27-8-10-28(11-9-27)34(31,32)18-6-4-15(22)12-17(18)23/h4,6,12-13H,3,5,7-11H2,1-2H3. The van der Waals surface area contributed by atoms with Crippen LogP contribution in [0.1, 0.15) is 24.6 Å². The number of fused-ring (bicyclic) bond motifs is 1. The molecule has 0 saturated carbocycles. The van der Waals surface area contributed by atoms with Crippen LogP contribution in [-0.2, 0) is 26.0 Å². The lowest BCUT2D eigenvalue weighted by Crippen LogP contribution is -2.49. The average Bonchev–Trinajstić information content (AvgIpc) is 3.25. The molecule has 2 aromatic heterocycles. The molecule has 10 nitrogen and oxygen atoms in total. The van der Waals surface area contributed by atoms with E-state index in [9.17, 15) is 22.0 Å². The first-order valence-electron chi connectivity index (χ1n) is 10.8. The molecule has 1 saturated heterocycles. The van der Waals surface area contributed by atoms with E-state index < -0.39 is 26.6 Å². The Morgan fingerprint density at radius 2 is 1.91 bits per heavy atom. The number of halogens is 2. The van der Waals surface area contributed by atoms with Gasteiger partial charge in [-0.1, -0.05) is 0 Å². The summed E-state index contributed by atoms with van der Waals surface area (Å²) in [5.41, 5.74) is 1.47. The van der Waals surface area contributed by atoms with Crippen molar-refractivity contribution >= 4 is 27.6 Å². The van der Waals surface area contributed by atoms with Gasteiger partial charge in [0.2, 0.25) is 10.0 Å². The fourth-order valence-corrected chi connectivity index (χ4v) is 5.48. The Balaban J connectivity index is 1.60. The second-order valence-corrected chi connectivity index (χ2v) is 9.65. The van der Waals surface area contributed by atoms with Gasteiger partial charge in [-0.05, 0) is 32.4 Å². The average molecular weight is 495 g/mol. The van der Waals surface area contributed by atoms with Crippen LogP contribution in [0.15, 0.2) is 29.4 Å². The number of esters is 1. The third-order valence-corrected chi connectivity index (χ3v) is 7.57. The highest BCUT2D eigenvalue weighted by atomic mass is 32.2. The molecule has 182 valence electrons. The summed E-state index contributed by atoms with van der Waals surface area (Å²) in [6.45, 7) is 4.57. The highest BCUT2D eigenvalue weighted by molar-refractivity contribution is 7.89. The number of ether oxygens (including phenoxy) is 1. The second-order valence-electron chi connectivity index (χ2n) is 7.74. The zero-order valence-corrected chi connectivity index (χ0v) is 19.6. The molecule has 13 heteroatoms. The molecule has 1 aliphatic rings. The normalized spacial score (nSPS) is 15.1. The largest absolute Gasteiger partial charge is 0.466 e. The monoisotopic (exact) mass is 494 g/mol. The first-order chi connectivity index (χ1) is 16.2. The molecule has 0 amide bonds. The summed E-state index contributed by atoms with van der Waals surface area (Å²) in [5, 5.41) is 4.26. The van der Waals surface area contributed by atoms with Crippen LogP contribution in [0.2, 0.25) is 0 Å². The number of nitrogens with zero attached hydrogens (tertiary/aromatic N) is 6. The summed E-state index contributed by atoms with van der Waals surface area (Å²) in [4.78, 5) is 21.9. The van der Waals surface area contributed by atoms with E-state index in [1.165, 1.54) is 10.6 Å². The summed E-state index contributed by atoms with van der Waals surface area (Å²) in [6.07, 6.45) is 1.89. The minimum atomic E-state index is -4.14. The van der Waals surface area contributed by atoms with Crippen molar-refractivity contribution in [2.24, 2.45) is 0 Å². The molecule has 0 atom stereocenters. The number of aryl methyl sites for hydroxylation is 1. The van der Waals surface area contributed by atoms with E-state index in [4.69, 9.17) is 4.74 Å². The number of carbonyl (C=O) groups excluding carboxylic acids is 1. The summed E-state index contributed by atoms with van der Waals surface area (Å²) < 4.78 is 61.1. The molecular weight excluding hydrogens is 470 g/mol. The van der Waals surface area contributed by atoms with Gasteiger partial charge in [0.1, 0.15) is 28.7 Å². The molecule has 0 aliphatic carbocycles. The van der Waals surface area contributed by atoms with Crippen molar-refractivity contribution in [1.29, 1.82) is 0 Å². The molecule has 1 aliphatic heterocycles. The molecule has 0 spiro atoms. The SMILES string of the molecule is CCOC(=O)CCc1c(C)nc2ncnn2c1N1CCN(S(=O)(=O)c2ccc(F)cc2F)CC1. The quantitative estimate of drug-likeness (QED) is 0.457. The topological polar surface area (TPSA) is 110 Å². The van der Waals surface area contributed by atoms with E-state index in [-0.39, 0.29) is 45.2 Å². The van der Waals surface area contributed by atoms with Crippen molar-refractivity contribution in [2.75, 3.05) is 37.7 Å². The lowest BCUT2D eigenvalue weighted by Gasteiger charge is -2.36. The Kier molecular flexibility index (Phi) is 6.75. The molecule has 3 aromatic rings. The van der Waals surface area contributed by atoms with Gasteiger partial charge in [-0.25, -0.2) is 22.2 Å². The van der Waals surface area contributed by atoms with Gasteiger partial charge < -0.3 is 9.64 Å². The molecule has 3 heterocycles. The van der Waals surface area contributed by atoms with Crippen molar-refractivity contribution in [3.8, 4) is 0 Å². The highest BCUT2D eigenvalue weighted by Crippen LogP contribution is 2.28. The van der Waals surface area contributed by atoms with Crippen molar-refractivity contribution in [3.63, 3.8) is 0 Å². The zero-order chi connectivity index (χ0) is 24.5. The van der Waals surface area contributed by atoms with Crippen molar-refractivity contribution in [3.05, 3.63) is 47.4 Å². The molecule has 0 N–H and O–H groups in total. The number of anilines is 1. The van der Waals surface area contributed by atoms with E-state index in [0.29, 0.717) is 29.8 Å². The lowest BCUT2D eigenvalue weighted by molar-refractivity contribution is -0.143. The Bertz CT molecular complexity index is 1320. The van der Waals surface area contributed by atoms with Crippen LogP contribution in [0.25, 0.3) is 5.78 Å². The summed E-state index contributed by atoms with van der Waals surface area (Å²) >= 11 is 0. The third kappa shape index (κ3) is 4.57. The van der Waals surface area contributed by atoms with Gasteiger partial charge >= 0.3 is 5.97 Å². The van der Waals surface area contributed by atoms with Gasteiger partial charge in [0.15, 0.2) is 0 Å². The minimum Gasteiger partial charge on any atom is -0.466 e. The predicted molar refractivity (Wildman–Crippen MR) is 118 cm³/mol. The number of benzene rings is 1. The van der Waals surface area contributed by atoms with Crippen LogP contribution >= 0.6 is 0 Å². The minimum absolute atomic E-state index is 0.0774. The predicted octanol–water partition coefficient (Wildman–Crippen LogP) is 1.72. The van der Waals surface area contributed by atoms with Crippen LogP contribution in [0, 0.1) is 18.6 Å². The molecule has 34 heavy (non-hydrogen) atoms. The van der Waals surface area contributed by atoms with E-state index in [1.54, 1.807) is 11.4 Å². The third-order valence-electron chi connectivity index (χ3n) is 5.64. The molecule has 0 unspecified atom stereocenters. The van der Waals surface area contributed by atoms with E-state index >= 15 is 0 Å². The zero-order valence-electron chi connectivity index (χ0n) is 18.7. The number of carbonyl (C=O) groups is 1. The van der Waals surface area contributed by atoms with Crippen molar-refractivity contribution < 1.29 is 26.7 Å². The van der Waals surface area contributed by atoms with Crippen LogP contribution in [0.3, 0.4) is 0 Å². The fourth-order valence-electron chi connectivity index (χ4n) is 4.01. The van der Waals surface area contributed by atoms with Crippen LogP contribution in [0.5, 0.6) is 0 Å². The van der Waals surface area contributed by atoms with Crippen LogP contribution < -0.4 is 4.90 Å². The molecule has 1 aromatic carbocycles. The number of aromatic nitrogens is 4. The van der Waals surface area contributed by atoms with Crippen molar-refractivity contribution in [1.82, 2.24) is 23.9 Å². The number of rotatable bonds is 7. The van der Waals surface area contributed by atoms with Gasteiger partial charge in [-0.2, -0.15) is 18.9 Å². The highest BCUT2D eigenvalue weighted by Gasteiger charge is 2.32. The summed E-state index contributed by atoms with van der Waals surface area (Å²) in [7, 11) is -4.14. The summed E-state index contributed by atoms with van der Waals surface area (Å²) in [5.74, 6) is -1.24. The maximum Gasteiger partial charge on any atom is 0.306 e.